The second-order valence-electron chi connectivity index (χ2n) is 10.5. The summed E-state index contributed by atoms with van der Waals surface area (Å²) in [4.78, 5) is 61.4. The van der Waals surface area contributed by atoms with Crippen LogP contribution >= 0.6 is 0 Å². The van der Waals surface area contributed by atoms with Crippen LogP contribution in [0.25, 0.3) is 22.3 Å². The van der Waals surface area contributed by atoms with E-state index in [1.165, 1.54) is 28.1 Å². The minimum absolute atomic E-state index is 0.00919. The fourth-order valence-corrected chi connectivity index (χ4v) is 5.82. The Labute approximate surface area is 239 Å². The maximum Gasteiger partial charge on any atom is 0.315 e. The molecule has 3 saturated heterocycles. The number of hydrogen-bond donors (Lipinski definition) is 8. The molecule has 0 spiro atoms. The standard InChI is InChI=1S/C23H27N13O7/c24-16-12-17(28-4-27-16)35(5-29-12)21-15(39)10-8(43-21)3-26-23(41)32-11-14(38)7(1-2-9(37)31-10)42-20(11)36-6-30-13-18(36)33-22(25)34-19(13)40/h4-8,10-11,14-15,20-21,38-39H,1-3H2,(H,31,37)(H2,24,27,28)(H2,26,32,41)(H3,25,33,34,40)/t7-,8-,10+,11+,14?,15?,20-,21-/m1/s1. The second-order valence-corrected chi connectivity index (χ2v) is 10.5. The smallest absolute Gasteiger partial charge is 0.315 e. The zero-order chi connectivity index (χ0) is 30.0. The normalized spacial score (nSPS) is 31.5. The van der Waals surface area contributed by atoms with Crippen LogP contribution in [-0.2, 0) is 14.3 Å². The summed E-state index contributed by atoms with van der Waals surface area (Å²) in [7, 11) is 0. The van der Waals surface area contributed by atoms with Crippen molar-refractivity contribution < 1.29 is 29.3 Å². The van der Waals surface area contributed by atoms with Crippen LogP contribution in [0.2, 0.25) is 0 Å². The Morgan fingerprint density at radius 2 is 1.60 bits per heavy atom. The number of rotatable bonds is 2. The van der Waals surface area contributed by atoms with Crippen molar-refractivity contribution in [1.82, 2.24) is 55.0 Å². The zero-order valence-electron chi connectivity index (χ0n) is 22.2. The lowest BCUT2D eigenvalue weighted by atomic mass is 10.0. The Kier molecular flexibility index (Phi) is 6.34. The number of urea groups is 1. The van der Waals surface area contributed by atoms with Crippen molar-refractivity contribution in [2.45, 2.75) is 61.8 Å². The molecule has 3 amide bonds. The first kappa shape index (κ1) is 26.9. The van der Waals surface area contributed by atoms with Gasteiger partial charge in [-0.3, -0.25) is 23.7 Å². The van der Waals surface area contributed by atoms with Crippen molar-refractivity contribution in [1.29, 1.82) is 0 Å². The average Bonchev–Trinajstić information content (AvgIpc) is 3.72. The van der Waals surface area contributed by atoms with Gasteiger partial charge in [-0.05, 0) is 6.42 Å². The molecule has 7 rings (SSSR count). The van der Waals surface area contributed by atoms with E-state index in [2.05, 4.69) is 45.9 Å². The molecule has 226 valence electrons. The number of fused-ring (bicyclic) bond motifs is 5. The lowest BCUT2D eigenvalue weighted by Crippen LogP contribution is -2.53. The summed E-state index contributed by atoms with van der Waals surface area (Å²) >= 11 is 0. The number of ether oxygens (including phenoxy) is 2. The number of aliphatic hydroxyl groups excluding tert-OH is 2. The molecule has 4 aromatic heterocycles. The molecule has 3 aliphatic rings. The summed E-state index contributed by atoms with van der Waals surface area (Å²) in [6.07, 6.45) is -2.38. The molecule has 4 aromatic rings. The molecule has 0 aromatic carbocycles. The first-order valence-electron chi connectivity index (χ1n) is 13.4. The van der Waals surface area contributed by atoms with Gasteiger partial charge in [-0.1, -0.05) is 0 Å². The van der Waals surface area contributed by atoms with Gasteiger partial charge in [0.05, 0.1) is 24.8 Å². The summed E-state index contributed by atoms with van der Waals surface area (Å²) in [5, 5.41) is 30.5. The van der Waals surface area contributed by atoms with Crippen LogP contribution < -0.4 is 33.0 Å². The minimum atomic E-state index is -1.25. The average molecular weight is 598 g/mol. The number of amides is 3. The van der Waals surface area contributed by atoms with E-state index in [0.717, 1.165) is 0 Å². The highest BCUT2D eigenvalue weighted by molar-refractivity contribution is 5.81. The second kappa shape index (κ2) is 10.1. The van der Waals surface area contributed by atoms with Gasteiger partial charge in [-0.15, -0.1) is 0 Å². The lowest BCUT2D eigenvalue weighted by Gasteiger charge is -2.24. The topological polar surface area (TPSA) is 288 Å². The third kappa shape index (κ3) is 4.47. The molecule has 10 N–H and O–H groups in total. The van der Waals surface area contributed by atoms with Crippen LogP contribution in [0.1, 0.15) is 25.3 Å². The first-order chi connectivity index (χ1) is 20.7. The number of carbonyl (C=O) groups is 2. The van der Waals surface area contributed by atoms with Gasteiger partial charge in [0, 0.05) is 13.0 Å². The van der Waals surface area contributed by atoms with Gasteiger partial charge in [0.2, 0.25) is 11.9 Å². The van der Waals surface area contributed by atoms with E-state index >= 15 is 0 Å². The molecule has 3 aliphatic heterocycles. The molecule has 0 saturated carbocycles. The van der Waals surface area contributed by atoms with Gasteiger partial charge in [0.1, 0.15) is 36.2 Å². The Morgan fingerprint density at radius 1 is 0.860 bits per heavy atom. The molecule has 7 heterocycles. The largest absolute Gasteiger partial charge is 0.388 e. The number of aromatic amines is 1. The molecule has 8 atom stereocenters. The Hall–Kier alpha value is -4.92. The lowest BCUT2D eigenvalue weighted by molar-refractivity contribution is -0.124. The number of nitrogens with two attached hydrogens (primary N) is 2. The fourth-order valence-electron chi connectivity index (χ4n) is 5.82. The highest BCUT2D eigenvalue weighted by Gasteiger charge is 2.49. The SMILES string of the molecule is Nc1nc2c(ncn2[C@@H]2O[C@@H]3CCC(=O)N[C@@H]4C(O)[C@H](n5cnc6c(N)ncnc65)O[C@@H]4CNC(=O)N[C@H]2C3O)c(=O)[nH]1. The Morgan fingerprint density at radius 3 is 2.42 bits per heavy atom. The summed E-state index contributed by atoms with van der Waals surface area (Å²) in [5.41, 5.74) is 11.8. The Bertz CT molecular complexity index is 1790. The number of nitrogen functional groups attached to an aromatic ring is 2. The molecule has 3 fully saturated rings. The van der Waals surface area contributed by atoms with Crippen LogP contribution in [0, 0.1) is 0 Å². The molecule has 20 heteroatoms. The van der Waals surface area contributed by atoms with Crippen LogP contribution in [0.4, 0.5) is 16.6 Å². The van der Waals surface area contributed by atoms with E-state index in [9.17, 15) is 24.6 Å². The molecule has 0 aliphatic carbocycles. The third-order valence-electron chi connectivity index (χ3n) is 7.88. The predicted molar refractivity (Wildman–Crippen MR) is 144 cm³/mol. The summed E-state index contributed by atoms with van der Waals surface area (Å²) < 4.78 is 15.1. The van der Waals surface area contributed by atoms with E-state index in [-0.39, 0.29) is 42.3 Å². The van der Waals surface area contributed by atoms with Crippen molar-refractivity contribution in [2.24, 2.45) is 0 Å². The highest BCUT2D eigenvalue weighted by atomic mass is 16.5. The molecule has 20 nitrogen and oxygen atoms in total. The monoisotopic (exact) mass is 597 g/mol. The van der Waals surface area contributed by atoms with Gasteiger partial charge in [-0.25, -0.2) is 24.7 Å². The van der Waals surface area contributed by atoms with Crippen molar-refractivity contribution in [2.75, 3.05) is 18.0 Å². The third-order valence-corrected chi connectivity index (χ3v) is 7.88. The quantitative estimate of drug-likeness (QED) is 0.112. The van der Waals surface area contributed by atoms with Crippen molar-refractivity contribution in [3.05, 3.63) is 29.3 Å². The van der Waals surface area contributed by atoms with E-state index in [0.29, 0.717) is 11.2 Å². The molecule has 2 bridgehead atoms. The summed E-state index contributed by atoms with van der Waals surface area (Å²) in [6, 6.07) is -2.64. The van der Waals surface area contributed by atoms with Crippen molar-refractivity contribution in [3.63, 3.8) is 0 Å². The number of nitrogens with zero attached hydrogens (tertiary/aromatic N) is 7. The van der Waals surface area contributed by atoms with Crippen LogP contribution in [0.15, 0.2) is 23.8 Å². The number of anilines is 2. The summed E-state index contributed by atoms with van der Waals surface area (Å²) in [5.74, 6) is -0.442. The molecule has 43 heavy (non-hydrogen) atoms. The number of aromatic nitrogens is 8. The zero-order valence-corrected chi connectivity index (χ0v) is 22.2. The first-order valence-corrected chi connectivity index (χ1v) is 13.4. The predicted octanol–water partition coefficient (Wildman–Crippen LogP) is -3.41. The minimum Gasteiger partial charge on any atom is -0.388 e. The number of H-pyrrole nitrogens is 1. The van der Waals surface area contributed by atoms with Crippen LogP contribution in [0.3, 0.4) is 0 Å². The Balaban J connectivity index is 1.16. The molecule has 0 radical (unpaired) electrons. The van der Waals surface area contributed by atoms with Gasteiger partial charge in [-0.2, -0.15) is 4.98 Å². The fraction of sp³-hybridized carbons (Fsp3) is 0.478. The van der Waals surface area contributed by atoms with Crippen LogP contribution in [-0.4, -0.2) is 104 Å². The highest BCUT2D eigenvalue weighted by Crippen LogP contribution is 2.35. The molecular formula is C23H27N13O7. The number of imidazole rings is 2. The van der Waals surface area contributed by atoms with E-state index in [1.807, 2.05) is 0 Å². The number of nitrogens with one attached hydrogen (secondary N) is 4. The number of aliphatic hydroxyl groups is 2. The maximum atomic E-state index is 13.1. The van der Waals surface area contributed by atoms with Gasteiger partial charge in [0.15, 0.2) is 35.1 Å². The van der Waals surface area contributed by atoms with E-state index in [1.54, 1.807) is 0 Å². The van der Waals surface area contributed by atoms with Crippen molar-refractivity contribution in [3.8, 4) is 0 Å². The summed E-state index contributed by atoms with van der Waals surface area (Å²) in [6.45, 7) is -0.132. The number of carbonyl (C=O) groups excluding carboxylic acids is 2. The van der Waals surface area contributed by atoms with E-state index in [4.69, 9.17) is 20.9 Å². The van der Waals surface area contributed by atoms with Crippen molar-refractivity contribution >= 4 is 46.0 Å². The van der Waals surface area contributed by atoms with Crippen LogP contribution in [0.5, 0.6) is 0 Å². The van der Waals surface area contributed by atoms with Gasteiger partial charge in [0.25, 0.3) is 5.56 Å². The number of hydrogen-bond acceptors (Lipinski definition) is 14. The van der Waals surface area contributed by atoms with E-state index < -0.39 is 66.5 Å². The molecule has 2 unspecified atom stereocenters. The molecular weight excluding hydrogens is 570 g/mol. The van der Waals surface area contributed by atoms with Gasteiger partial charge < -0.3 is 47.1 Å². The maximum absolute atomic E-state index is 13.1. The van der Waals surface area contributed by atoms with Gasteiger partial charge >= 0.3 is 6.03 Å².